The molecular weight excluding hydrogens is 437 g/mol. The standard InChI is InChI=1S/C16H14BrF3N2O3S/c1-26(24,25)22(14-8-3-2-7-13(14)17)10-15(23)21-12-6-4-5-11(9-12)16(18,19)20/h2-9H,10H2,1H3,(H,21,23). The van der Waals surface area contributed by atoms with Crippen LogP contribution >= 0.6 is 15.9 Å². The van der Waals surface area contributed by atoms with Gasteiger partial charge < -0.3 is 5.32 Å². The number of halogens is 4. The van der Waals surface area contributed by atoms with Crippen LogP contribution in [-0.2, 0) is 21.0 Å². The van der Waals surface area contributed by atoms with Crippen molar-refractivity contribution < 1.29 is 26.4 Å². The van der Waals surface area contributed by atoms with Crippen molar-refractivity contribution in [3.63, 3.8) is 0 Å². The maximum atomic E-state index is 12.7. The van der Waals surface area contributed by atoms with Gasteiger partial charge in [-0.3, -0.25) is 9.10 Å². The lowest BCUT2D eigenvalue weighted by atomic mass is 10.2. The van der Waals surface area contributed by atoms with Crippen LogP contribution in [0.25, 0.3) is 0 Å². The average molecular weight is 451 g/mol. The second-order valence-electron chi connectivity index (χ2n) is 5.35. The summed E-state index contributed by atoms with van der Waals surface area (Å²) in [4.78, 5) is 12.2. The highest BCUT2D eigenvalue weighted by molar-refractivity contribution is 9.10. The fraction of sp³-hybridized carbons (Fsp3) is 0.188. The number of benzene rings is 2. The summed E-state index contributed by atoms with van der Waals surface area (Å²) in [5.74, 6) is -0.773. The van der Waals surface area contributed by atoms with Crippen molar-refractivity contribution in [2.75, 3.05) is 22.4 Å². The molecule has 0 atom stereocenters. The molecule has 0 radical (unpaired) electrons. The molecular formula is C16H14BrF3N2O3S. The van der Waals surface area contributed by atoms with Crippen LogP contribution in [0.15, 0.2) is 53.0 Å². The van der Waals surface area contributed by atoms with Gasteiger partial charge in [0.1, 0.15) is 6.54 Å². The Morgan fingerprint density at radius 1 is 1.15 bits per heavy atom. The number of nitrogens with one attached hydrogen (secondary N) is 1. The summed E-state index contributed by atoms with van der Waals surface area (Å²) in [5, 5.41) is 2.29. The second kappa shape index (κ2) is 7.67. The van der Waals surface area contributed by atoms with E-state index in [-0.39, 0.29) is 11.4 Å². The summed E-state index contributed by atoms with van der Waals surface area (Å²) in [6.45, 7) is -0.586. The quantitative estimate of drug-likeness (QED) is 0.751. The third kappa shape index (κ3) is 5.21. The lowest BCUT2D eigenvalue weighted by Crippen LogP contribution is -2.37. The van der Waals surface area contributed by atoms with E-state index in [0.717, 1.165) is 28.8 Å². The first-order valence-electron chi connectivity index (χ1n) is 7.18. The fourth-order valence-electron chi connectivity index (χ4n) is 2.14. The number of hydrogen-bond donors (Lipinski definition) is 1. The number of sulfonamides is 1. The number of carbonyl (C=O) groups excluding carboxylic acids is 1. The molecule has 0 aliphatic heterocycles. The molecule has 1 N–H and O–H groups in total. The van der Waals surface area contributed by atoms with Gasteiger partial charge in [-0.15, -0.1) is 0 Å². The second-order valence-corrected chi connectivity index (χ2v) is 8.11. The summed E-state index contributed by atoms with van der Waals surface area (Å²) in [5.41, 5.74) is -0.749. The van der Waals surface area contributed by atoms with Crippen LogP contribution in [0, 0.1) is 0 Å². The van der Waals surface area contributed by atoms with Crippen molar-refractivity contribution in [2.24, 2.45) is 0 Å². The first-order chi connectivity index (χ1) is 12.0. The molecule has 0 bridgehead atoms. The molecule has 0 saturated heterocycles. The van der Waals surface area contributed by atoms with E-state index in [1.54, 1.807) is 18.2 Å². The molecule has 0 aliphatic rings. The Labute approximate surface area is 157 Å². The van der Waals surface area contributed by atoms with Gasteiger partial charge in [0.25, 0.3) is 0 Å². The predicted octanol–water partition coefficient (Wildman–Crippen LogP) is 3.87. The zero-order chi connectivity index (χ0) is 19.5. The van der Waals surface area contributed by atoms with E-state index in [9.17, 15) is 26.4 Å². The van der Waals surface area contributed by atoms with Gasteiger partial charge in [0.15, 0.2) is 0 Å². The van der Waals surface area contributed by atoms with Crippen LogP contribution in [0.3, 0.4) is 0 Å². The summed E-state index contributed by atoms with van der Waals surface area (Å²) in [6.07, 6.45) is -3.61. The predicted molar refractivity (Wildman–Crippen MR) is 96.4 cm³/mol. The van der Waals surface area contributed by atoms with Gasteiger partial charge in [0.2, 0.25) is 15.9 Å². The fourth-order valence-corrected chi connectivity index (χ4v) is 3.62. The number of carbonyl (C=O) groups is 1. The molecule has 140 valence electrons. The summed E-state index contributed by atoms with van der Waals surface area (Å²) >= 11 is 3.21. The lowest BCUT2D eigenvalue weighted by Gasteiger charge is -2.23. The zero-order valence-electron chi connectivity index (χ0n) is 13.4. The van der Waals surface area contributed by atoms with Crippen LogP contribution < -0.4 is 9.62 Å². The first kappa shape index (κ1) is 20.2. The minimum Gasteiger partial charge on any atom is -0.325 e. The third-order valence-corrected chi connectivity index (χ3v) is 5.08. The lowest BCUT2D eigenvalue weighted by molar-refractivity contribution is -0.137. The molecule has 2 aromatic rings. The molecule has 2 aromatic carbocycles. The molecule has 0 aromatic heterocycles. The summed E-state index contributed by atoms with van der Waals surface area (Å²) in [7, 11) is -3.80. The van der Waals surface area contributed by atoms with Gasteiger partial charge in [0, 0.05) is 10.2 Å². The first-order valence-corrected chi connectivity index (χ1v) is 9.82. The van der Waals surface area contributed by atoms with Crippen molar-refractivity contribution in [1.82, 2.24) is 0 Å². The van der Waals surface area contributed by atoms with E-state index in [2.05, 4.69) is 21.2 Å². The molecule has 10 heteroatoms. The Morgan fingerprint density at radius 3 is 2.38 bits per heavy atom. The van der Waals surface area contributed by atoms with E-state index in [1.165, 1.54) is 12.1 Å². The van der Waals surface area contributed by atoms with E-state index in [4.69, 9.17) is 0 Å². The van der Waals surface area contributed by atoms with Crippen LogP contribution in [0.2, 0.25) is 0 Å². The number of nitrogens with zero attached hydrogens (tertiary/aromatic N) is 1. The Morgan fingerprint density at radius 2 is 1.81 bits per heavy atom. The highest BCUT2D eigenvalue weighted by atomic mass is 79.9. The number of rotatable bonds is 5. The zero-order valence-corrected chi connectivity index (χ0v) is 15.8. The van der Waals surface area contributed by atoms with Gasteiger partial charge in [0.05, 0.1) is 17.5 Å². The Balaban J connectivity index is 2.23. The Hall–Kier alpha value is -2.07. The van der Waals surface area contributed by atoms with Crippen molar-refractivity contribution in [3.8, 4) is 0 Å². The summed E-state index contributed by atoms with van der Waals surface area (Å²) in [6, 6.07) is 10.5. The van der Waals surface area contributed by atoms with Gasteiger partial charge in [-0.05, 0) is 46.3 Å². The van der Waals surface area contributed by atoms with Gasteiger partial charge in [-0.2, -0.15) is 13.2 Å². The van der Waals surface area contributed by atoms with Gasteiger partial charge in [-0.1, -0.05) is 18.2 Å². The number of anilines is 2. The maximum Gasteiger partial charge on any atom is 0.416 e. The molecule has 0 fully saturated rings. The summed E-state index contributed by atoms with van der Waals surface area (Å²) < 4.78 is 63.6. The van der Waals surface area contributed by atoms with Crippen LogP contribution in [0.5, 0.6) is 0 Å². The molecule has 5 nitrogen and oxygen atoms in total. The van der Waals surface area contributed by atoms with Crippen molar-refractivity contribution in [2.45, 2.75) is 6.18 Å². The highest BCUT2D eigenvalue weighted by Crippen LogP contribution is 2.31. The van der Waals surface area contributed by atoms with Gasteiger partial charge >= 0.3 is 6.18 Å². The average Bonchev–Trinajstić information content (AvgIpc) is 2.52. The van der Waals surface area contributed by atoms with Crippen LogP contribution in [0.1, 0.15) is 5.56 Å². The molecule has 0 saturated carbocycles. The highest BCUT2D eigenvalue weighted by Gasteiger charge is 2.30. The number of para-hydroxylation sites is 1. The molecule has 1 amide bonds. The minimum absolute atomic E-state index is 0.0783. The number of amides is 1. The smallest absolute Gasteiger partial charge is 0.325 e. The molecule has 2 rings (SSSR count). The van der Waals surface area contributed by atoms with E-state index in [0.29, 0.717) is 4.47 Å². The van der Waals surface area contributed by atoms with Crippen molar-refractivity contribution >= 4 is 43.2 Å². The molecule has 0 heterocycles. The maximum absolute atomic E-state index is 12.7. The van der Waals surface area contributed by atoms with Crippen LogP contribution in [-0.4, -0.2) is 27.1 Å². The molecule has 0 unspecified atom stereocenters. The third-order valence-electron chi connectivity index (χ3n) is 3.28. The SMILES string of the molecule is CS(=O)(=O)N(CC(=O)Nc1cccc(C(F)(F)F)c1)c1ccccc1Br. The van der Waals surface area contributed by atoms with E-state index < -0.39 is 34.2 Å². The van der Waals surface area contributed by atoms with Crippen molar-refractivity contribution in [1.29, 1.82) is 0 Å². The molecule has 0 aliphatic carbocycles. The largest absolute Gasteiger partial charge is 0.416 e. The molecule has 26 heavy (non-hydrogen) atoms. The molecule has 0 spiro atoms. The number of alkyl halides is 3. The Kier molecular flexibility index (Phi) is 5.97. The minimum atomic E-state index is -4.55. The van der Waals surface area contributed by atoms with Crippen molar-refractivity contribution in [3.05, 3.63) is 58.6 Å². The van der Waals surface area contributed by atoms with Gasteiger partial charge in [-0.25, -0.2) is 8.42 Å². The normalized spacial score (nSPS) is 11.9. The number of hydrogen-bond acceptors (Lipinski definition) is 3. The topological polar surface area (TPSA) is 66.5 Å². The van der Waals surface area contributed by atoms with Crippen LogP contribution in [0.4, 0.5) is 24.5 Å². The Bertz CT molecular complexity index is 917. The van der Waals surface area contributed by atoms with E-state index in [1.807, 2.05) is 0 Å². The van der Waals surface area contributed by atoms with E-state index >= 15 is 0 Å². The monoisotopic (exact) mass is 450 g/mol.